The van der Waals surface area contributed by atoms with Crippen molar-refractivity contribution < 1.29 is 22.7 Å². The van der Waals surface area contributed by atoms with Gasteiger partial charge < -0.3 is 15.4 Å². The van der Waals surface area contributed by atoms with Gasteiger partial charge in [-0.1, -0.05) is 6.07 Å². The lowest BCUT2D eigenvalue weighted by molar-refractivity contribution is -0.114. The lowest BCUT2D eigenvalue weighted by atomic mass is 10.3. The van der Waals surface area contributed by atoms with Gasteiger partial charge in [0, 0.05) is 11.9 Å². The Kier molecular flexibility index (Phi) is 6.67. The molecule has 8 nitrogen and oxygen atoms in total. The van der Waals surface area contributed by atoms with Gasteiger partial charge in [0.15, 0.2) is 9.84 Å². The maximum absolute atomic E-state index is 12.0. The number of sulfone groups is 1. The molecule has 1 heterocycles. The highest BCUT2D eigenvalue weighted by molar-refractivity contribution is 7.92. The van der Waals surface area contributed by atoms with Crippen molar-refractivity contribution in [1.29, 1.82) is 0 Å². The number of pyridine rings is 1. The molecule has 0 saturated carbocycles. The van der Waals surface area contributed by atoms with Gasteiger partial charge in [0.05, 0.1) is 6.61 Å². The molecule has 0 aliphatic rings. The number of carbonyl (C=O) groups excluding carboxylic acids is 2. The summed E-state index contributed by atoms with van der Waals surface area (Å²) >= 11 is 0. The molecule has 0 bridgehead atoms. The Balaban J connectivity index is 1.87. The van der Waals surface area contributed by atoms with Gasteiger partial charge in [-0.15, -0.1) is 0 Å². The molecule has 9 heteroatoms. The molecular formula is C17H19N3O5S. The van der Waals surface area contributed by atoms with Crippen molar-refractivity contribution in [2.75, 3.05) is 28.7 Å². The van der Waals surface area contributed by atoms with Crippen molar-refractivity contribution in [2.45, 2.75) is 6.92 Å². The monoisotopic (exact) mass is 377 g/mol. The summed E-state index contributed by atoms with van der Waals surface area (Å²) in [5, 5.41) is 4.84. The van der Waals surface area contributed by atoms with Crippen LogP contribution < -0.4 is 15.4 Å². The predicted octanol–water partition coefficient (Wildman–Crippen LogP) is 1.47. The summed E-state index contributed by atoms with van der Waals surface area (Å²) in [6.45, 7) is 2.37. The first-order valence-corrected chi connectivity index (χ1v) is 9.64. The van der Waals surface area contributed by atoms with E-state index in [2.05, 4.69) is 15.6 Å². The number of hydrogen-bond acceptors (Lipinski definition) is 6. The molecule has 2 N–H and O–H groups in total. The highest BCUT2D eigenvalue weighted by atomic mass is 32.2. The van der Waals surface area contributed by atoms with E-state index in [-0.39, 0.29) is 5.82 Å². The molecule has 0 saturated heterocycles. The minimum Gasteiger partial charge on any atom is -0.494 e. The van der Waals surface area contributed by atoms with Crippen molar-refractivity contribution in [3.05, 3.63) is 48.7 Å². The predicted molar refractivity (Wildman–Crippen MR) is 97.8 cm³/mol. The second-order valence-electron chi connectivity index (χ2n) is 5.30. The molecule has 1 aromatic carbocycles. The number of benzene rings is 1. The number of nitrogens with zero attached hydrogens (tertiary/aromatic N) is 1. The first kappa shape index (κ1) is 19.4. The van der Waals surface area contributed by atoms with E-state index in [4.69, 9.17) is 4.74 Å². The molecule has 26 heavy (non-hydrogen) atoms. The van der Waals surface area contributed by atoms with E-state index in [1.165, 1.54) is 12.3 Å². The van der Waals surface area contributed by atoms with E-state index >= 15 is 0 Å². The van der Waals surface area contributed by atoms with Gasteiger partial charge in [0.25, 0.3) is 0 Å². The Morgan fingerprint density at radius 3 is 2.23 bits per heavy atom. The van der Waals surface area contributed by atoms with E-state index < -0.39 is 33.2 Å². The molecule has 0 aliphatic heterocycles. The Bertz CT molecular complexity index is 852. The smallest absolute Gasteiger partial charge is 0.240 e. The molecular weight excluding hydrogens is 358 g/mol. The van der Waals surface area contributed by atoms with Gasteiger partial charge in [-0.2, -0.15) is 0 Å². The van der Waals surface area contributed by atoms with Gasteiger partial charge in [-0.25, -0.2) is 13.4 Å². The molecule has 0 fully saturated rings. The number of ether oxygens (including phenoxy) is 1. The summed E-state index contributed by atoms with van der Waals surface area (Å²) < 4.78 is 29.3. The molecule has 2 amide bonds. The first-order valence-electron chi connectivity index (χ1n) is 7.82. The van der Waals surface area contributed by atoms with Crippen molar-refractivity contribution in [3.63, 3.8) is 0 Å². The maximum atomic E-state index is 12.0. The summed E-state index contributed by atoms with van der Waals surface area (Å²) in [4.78, 5) is 27.6. The van der Waals surface area contributed by atoms with Crippen LogP contribution in [0.1, 0.15) is 6.92 Å². The average Bonchev–Trinajstić information content (AvgIpc) is 2.56. The van der Waals surface area contributed by atoms with Gasteiger partial charge in [-0.3, -0.25) is 9.59 Å². The molecule has 2 rings (SSSR count). The van der Waals surface area contributed by atoms with Crippen molar-refractivity contribution in [3.8, 4) is 5.75 Å². The van der Waals surface area contributed by atoms with Crippen molar-refractivity contribution >= 4 is 33.2 Å². The minimum atomic E-state index is -3.91. The van der Waals surface area contributed by atoms with Crippen LogP contribution in [0.3, 0.4) is 0 Å². The lowest BCUT2D eigenvalue weighted by Crippen LogP contribution is -2.30. The van der Waals surface area contributed by atoms with E-state index in [9.17, 15) is 18.0 Å². The van der Waals surface area contributed by atoms with E-state index in [0.29, 0.717) is 18.0 Å². The molecule has 0 unspecified atom stereocenters. The number of carbonyl (C=O) groups is 2. The van der Waals surface area contributed by atoms with Crippen LogP contribution >= 0.6 is 0 Å². The summed E-state index contributed by atoms with van der Waals surface area (Å²) in [5.74, 6) is -2.19. The normalized spacial score (nSPS) is 10.8. The minimum absolute atomic E-state index is 0.242. The van der Waals surface area contributed by atoms with Crippen molar-refractivity contribution in [2.24, 2.45) is 0 Å². The summed E-state index contributed by atoms with van der Waals surface area (Å²) in [6.07, 6.45) is 1.47. The molecule has 0 radical (unpaired) electrons. The number of anilines is 2. The standard InChI is InChI=1S/C17H19N3O5S/c1-2-25-14-8-6-13(7-9-14)19-16(21)11-26(23,24)12-17(22)20-15-5-3-4-10-18-15/h3-10H,2,11-12H2,1H3,(H,19,21)(H,18,20,22). The highest BCUT2D eigenvalue weighted by Crippen LogP contribution is 2.15. The van der Waals surface area contributed by atoms with Crippen LogP contribution in [-0.4, -0.2) is 43.3 Å². The third kappa shape index (κ3) is 6.52. The second-order valence-corrected chi connectivity index (χ2v) is 7.37. The third-order valence-electron chi connectivity index (χ3n) is 3.08. The number of hydrogen-bond donors (Lipinski definition) is 2. The number of rotatable bonds is 8. The van der Waals surface area contributed by atoms with Crippen LogP contribution in [0.5, 0.6) is 5.75 Å². The zero-order valence-electron chi connectivity index (χ0n) is 14.1. The quantitative estimate of drug-likeness (QED) is 0.720. The van der Waals surface area contributed by atoms with E-state index in [1.807, 2.05) is 6.92 Å². The Morgan fingerprint density at radius 2 is 1.65 bits per heavy atom. The van der Waals surface area contributed by atoms with Crippen LogP contribution in [0.25, 0.3) is 0 Å². The third-order valence-corrected chi connectivity index (χ3v) is 4.49. The van der Waals surface area contributed by atoms with Crippen LogP contribution in [0.4, 0.5) is 11.5 Å². The zero-order valence-corrected chi connectivity index (χ0v) is 15.0. The van der Waals surface area contributed by atoms with Crippen LogP contribution in [-0.2, 0) is 19.4 Å². The first-order chi connectivity index (χ1) is 12.4. The molecule has 2 aromatic rings. The van der Waals surface area contributed by atoms with Gasteiger partial charge in [0.2, 0.25) is 11.8 Å². The molecule has 1 aromatic heterocycles. The Morgan fingerprint density at radius 1 is 1.00 bits per heavy atom. The Hall–Kier alpha value is -2.94. The fraction of sp³-hybridized carbons (Fsp3) is 0.235. The molecule has 0 aliphatic carbocycles. The lowest BCUT2D eigenvalue weighted by Gasteiger charge is -2.08. The fourth-order valence-corrected chi connectivity index (χ4v) is 3.11. The van der Waals surface area contributed by atoms with Crippen molar-refractivity contribution in [1.82, 2.24) is 4.98 Å². The largest absolute Gasteiger partial charge is 0.494 e. The maximum Gasteiger partial charge on any atom is 0.240 e. The van der Waals surface area contributed by atoms with Crippen LogP contribution in [0.15, 0.2) is 48.7 Å². The fourth-order valence-electron chi connectivity index (χ4n) is 2.06. The second kappa shape index (κ2) is 8.95. The topological polar surface area (TPSA) is 114 Å². The SMILES string of the molecule is CCOc1ccc(NC(=O)CS(=O)(=O)CC(=O)Nc2ccccn2)cc1. The number of aromatic nitrogens is 1. The summed E-state index contributed by atoms with van der Waals surface area (Å²) in [6, 6.07) is 11.4. The molecule has 0 spiro atoms. The summed E-state index contributed by atoms with van der Waals surface area (Å²) in [5.41, 5.74) is 0.437. The molecule has 138 valence electrons. The van der Waals surface area contributed by atoms with Crippen LogP contribution in [0.2, 0.25) is 0 Å². The van der Waals surface area contributed by atoms with Gasteiger partial charge in [0.1, 0.15) is 23.1 Å². The Labute approximate surface area is 151 Å². The number of nitrogens with one attached hydrogen (secondary N) is 2. The highest BCUT2D eigenvalue weighted by Gasteiger charge is 2.21. The van der Waals surface area contributed by atoms with Crippen LogP contribution in [0, 0.1) is 0 Å². The van der Waals surface area contributed by atoms with Gasteiger partial charge >= 0.3 is 0 Å². The van der Waals surface area contributed by atoms with E-state index in [1.54, 1.807) is 36.4 Å². The average molecular weight is 377 g/mol. The van der Waals surface area contributed by atoms with Gasteiger partial charge in [-0.05, 0) is 43.3 Å². The van der Waals surface area contributed by atoms with E-state index in [0.717, 1.165) is 0 Å². The summed E-state index contributed by atoms with van der Waals surface area (Å²) in [7, 11) is -3.91. The zero-order chi connectivity index (χ0) is 19.0. The number of amides is 2. The molecule has 0 atom stereocenters.